The summed E-state index contributed by atoms with van der Waals surface area (Å²) >= 11 is 1.41. The number of rotatable bonds is 8. The number of Topliss-reactive ketones (excluding diaryl/α,β-unsaturated/α-hetero) is 2. The van der Waals surface area contributed by atoms with Crippen molar-refractivity contribution in [3.05, 3.63) is 47.3 Å². The molecule has 2 aromatic rings. The van der Waals surface area contributed by atoms with Crippen molar-refractivity contribution in [3.63, 3.8) is 0 Å². The van der Waals surface area contributed by atoms with Crippen molar-refractivity contribution in [1.82, 2.24) is 0 Å². The molecule has 23 heavy (non-hydrogen) atoms. The summed E-state index contributed by atoms with van der Waals surface area (Å²) in [4.78, 5) is 24.6. The summed E-state index contributed by atoms with van der Waals surface area (Å²) in [5.74, 6) is 1.77. The van der Waals surface area contributed by atoms with Crippen LogP contribution in [-0.2, 0) is 22.4 Å². The van der Waals surface area contributed by atoms with Crippen LogP contribution in [0.25, 0.3) is 0 Å². The molecule has 0 spiro atoms. The molecule has 0 aromatic carbocycles. The first-order valence-corrected chi connectivity index (χ1v) is 8.59. The molecule has 0 saturated carbocycles. The molecule has 0 bridgehead atoms. The monoisotopic (exact) mass is 334 g/mol. The predicted octanol–water partition coefficient (Wildman–Crippen LogP) is 3.92. The first-order chi connectivity index (χ1) is 10.9. The fourth-order valence-corrected chi connectivity index (χ4v) is 3.39. The van der Waals surface area contributed by atoms with E-state index >= 15 is 0 Å². The number of carbonyl (C=O) groups is 2. The van der Waals surface area contributed by atoms with Gasteiger partial charge in [0.1, 0.15) is 23.1 Å². The molecule has 2 rings (SSSR count). The fraction of sp³-hybridized carbons (Fsp3) is 0.444. The maximum absolute atomic E-state index is 12.3. The van der Waals surface area contributed by atoms with Gasteiger partial charge in [0, 0.05) is 24.0 Å². The average molecular weight is 334 g/mol. The van der Waals surface area contributed by atoms with Gasteiger partial charge in [0.05, 0.1) is 23.0 Å². The number of ketones is 2. The van der Waals surface area contributed by atoms with Crippen LogP contribution < -0.4 is 0 Å². The SMILES string of the molecule is Cc1occc1CC(=O)C(C)SC(C)C(=O)Cc1ccoc1C. The zero-order valence-electron chi connectivity index (χ0n) is 13.9. The van der Waals surface area contributed by atoms with Crippen molar-refractivity contribution >= 4 is 23.3 Å². The first-order valence-electron chi connectivity index (χ1n) is 7.65. The highest BCUT2D eigenvalue weighted by molar-refractivity contribution is 8.01. The summed E-state index contributed by atoms with van der Waals surface area (Å²) in [6, 6.07) is 3.64. The predicted molar refractivity (Wildman–Crippen MR) is 90.8 cm³/mol. The van der Waals surface area contributed by atoms with Crippen LogP contribution in [0.5, 0.6) is 0 Å². The van der Waals surface area contributed by atoms with E-state index in [-0.39, 0.29) is 22.1 Å². The van der Waals surface area contributed by atoms with Crippen LogP contribution in [0, 0.1) is 13.8 Å². The summed E-state index contributed by atoms with van der Waals surface area (Å²) in [7, 11) is 0. The van der Waals surface area contributed by atoms with Crippen LogP contribution in [0.1, 0.15) is 36.5 Å². The summed E-state index contributed by atoms with van der Waals surface area (Å²) in [6.45, 7) is 7.41. The van der Waals surface area contributed by atoms with Crippen molar-refractivity contribution < 1.29 is 18.4 Å². The van der Waals surface area contributed by atoms with Crippen LogP contribution in [0.4, 0.5) is 0 Å². The van der Waals surface area contributed by atoms with Crippen LogP contribution in [0.2, 0.25) is 0 Å². The Hall–Kier alpha value is -1.75. The van der Waals surface area contributed by atoms with E-state index in [0.29, 0.717) is 12.8 Å². The smallest absolute Gasteiger partial charge is 0.150 e. The minimum atomic E-state index is -0.228. The van der Waals surface area contributed by atoms with E-state index in [0.717, 1.165) is 22.6 Å². The molecule has 0 aliphatic heterocycles. The van der Waals surface area contributed by atoms with Gasteiger partial charge >= 0.3 is 0 Å². The second-order valence-electron chi connectivity index (χ2n) is 5.71. The van der Waals surface area contributed by atoms with Crippen LogP contribution in [-0.4, -0.2) is 22.1 Å². The maximum Gasteiger partial charge on any atom is 0.150 e. The van der Waals surface area contributed by atoms with Gasteiger partial charge < -0.3 is 8.83 Å². The molecule has 2 heterocycles. The lowest BCUT2D eigenvalue weighted by molar-refractivity contribution is -0.117. The standard InChI is InChI=1S/C18H22O4S/c1-11-15(5-7-21-11)9-17(19)13(3)23-14(4)18(20)10-16-6-8-22-12(16)2/h5-8,13-14H,9-10H2,1-4H3. The minimum absolute atomic E-state index is 0.110. The van der Waals surface area contributed by atoms with Crippen molar-refractivity contribution in [1.29, 1.82) is 0 Å². The molecule has 0 aliphatic rings. The Balaban J connectivity index is 1.87. The molecule has 0 fully saturated rings. The Labute approximate surface area is 140 Å². The van der Waals surface area contributed by atoms with E-state index in [1.807, 2.05) is 39.8 Å². The van der Waals surface area contributed by atoms with Crippen molar-refractivity contribution in [3.8, 4) is 0 Å². The van der Waals surface area contributed by atoms with Gasteiger partial charge in [-0.3, -0.25) is 9.59 Å². The van der Waals surface area contributed by atoms with Gasteiger partial charge in [0.25, 0.3) is 0 Å². The highest BCUT2D eigenvalue weighted by atomic mass is 32.2. The van der Waals surface area contributed by atoms with E-state index in [1.54, 1.807) is 12.5 Å². The molecule has 2 atom stereocenters. The third-order valence-corrected chi connectivity index (χ3v) is 5.32. The summed E-state index contributed by atoms with van der Waals surface area (Å²) in [5.41, 5.74) is 1.82. The molecule has 0 radical (unpaired) electrons. The molecule has 4 nitrogen and oxygen atoms in total. The van der Waals surface area contributed by atoms with Gasteiger partial charge in [-0.1, -0.05) is 0 Å². The molecule has 0 saturated heterocycles. The largest absolute Gasteiger partial charge is 0.469 e. The number of hydrogen-bond donors (Lipinski definition) is 0. The Morgan fingerprint density at radius 3 is 1.61 bits per heavy atom. The van der Waals surface area contributed by atoms with Crippen molar-refractivity contribution in [2.24, 2.45) is 0 Å². The van der Waals surface area contributed by atoms with E-state index < -0.39 is 0 Å². The topological polar surface area (TPSA) is 60.4 Å². The zero-order valence-corrected chi connectivity index (χ0v) is 14.7. The molecule has 124 valence electrons. The molecule has 0 N–H and O–H groups in total. The highest BCUT2D eigenvalue weighted by Crippen LogP contribution is 2.23. The zero-order chi connectivity index (χ0) is 17.0. The Morgan fingerprint density at radius 1 is 0.913 bits per heavy atom. The van der Waals surface area contributed by atoms with Gasteiger partial charge in [-0.25, -0.2) is 0 Å². The Bertz CT molecular complexity index is 625. The van der Waals surface area contributed by atoms with Gasteiger partial charge in [0.15, 0.2) is 0 Å². The van der Waals surface area contributed by atoms with Gasteiger partial charge in [0.2, 0.25) is 0 Å². The molecule has 2 unspecified atom stereocenters. The van der Waals surface area contributed by atoms with Gasteiger partial charge in [-0.05, 0) is 39.8 Å². The molecule has 0 amide bonds. The number of furan rings is 2. The lowest BCUT2D eigenvalue weighted by Gasteiger charge is -2.15. The molecular formula is C18H22O4S. The third kappa shape index (κ3) is 4.61. The lowest BCUT2D eigenvalue weighted by Crippen LogP contribution is -2.24. The van der Waals surface area contributed by atoms with E-state index in [1.165, 1.54) is 11.8 Å². The van der Waals surface area contributed by atoms with Crippen LogP contribution >= 0.6 is 11.8 Å². The second-order valence-corrected chi connectivity index (χ2v) is 7.40. The van der Waals surface area contributed by atoms with E-state index in [4.69, 9.17) is 8.83 Å². The van der Waals surface area contributed by atoms with Crippen LogP contribution in [0.15, 0.2) is 33.5 Å². The average Bonchev–Trinajstić information content (AvgIpc) is 3.08. The van der Waals surface area contributed by atoms with Crippen LogP contribution in [0.3, 0.4) is 0 Å². The molecule has 2 aromatic heterocycles. The van der Waals surface area contributed by atoms with E-state index in [2.05, 4.69) is 0 Å². The number of thioether (sulfide) groups is 1. The van der Waals surface area contributed by atoms with Gasteiger partial charge in [-0.2, -0.15) is 0 Å². The molecular weight excluding hydrogens is 312 g/mol. The quantitative estimate of drug-likeness (QED) is 0.732. The minimum Gasteiger partial charge on any atom is -0.469 e. The normalized spacial score (nSPS) is 13.7. The van der Waals surface area contributed by atoms with Crippen molar-refractivity contribution in [2.45, 2.75) is 51.0 Å². The fourth-order valence-electron chi connectivity index (χ4n) is 2.31. The molecule has 0 aliphatic carbocycles. The second kappa shape index (κ2) is 7.68. The Morgan fingerprint density at radius 2 is 1.30 bits per heavy atom. The summed E-state index contributed by atoms with van der Waals surface area (Å²) in [6.07, 6.45) is 3.88. The Kier molecular flexibility index (Phi) is 5.88. The summed E-state index contributed by atoms with van der Waals surface area (Å²) < 4.78 is 10.4. The van der Waals surface area contributed by atoms with Crippen molar-refractivity contribution in [2.75, 3.05) is 0 Å². The first kappa shape index (κ1) is 17.6. The third-order valence-electron chi connectivity index (χ3n) is 3.98. The maximum atomic E-state index is 12.3. The lowest BCUT2D eigenvalue weighted by atomic mass is 10.1. The molecule has 5 heteroatoms. The summed E-state index contributed by atoms with van der Waals surface area (Å²) in [5, 5.41) is -0.456. The number of hydrogen-bond acceptors (Lipinski definition) is 5. The number of aryl methyl sites for hydroxylation is 2. The van der Waals surface area contributed by atoms with E-state index in [9.17, 15) is 9.59 Å². The highest BCUT2D eigenvalue weighted by Gasteiger charge is 2.23. The number of carbonyl (C=O) groups excluding carboxylic acids is 2. The van der Waals surface area contributed by atoms with Gasteiger partial charge in [-0.15, -0.1) is 11.8 Å².